The summed E-state index contributed by atoms with van der Waals surface area (Å²) in [5.74, 6) is 1.82. The van der Waals surface area contributed by atoms with Gasteiger partial charge in [-0.15, -0.1) is 0 Å². The van der Waals surface area contributed by atoms with Crippen LogP contribution in [0.15, 0.2) is 0 Å². The normalized spacial score (nSPS) is 35.0. The molecule has 5 unspecified atom stereocenters. The number of nitrogens with zero attached hydrogens (tertiary/aromatic N) is 2. The van der Waals surface area contributed by atoms with Gasteiger partial charge < -0.3 is 10.0 Å². The van der Waals surface area contributed by atoms with Crippen LogP contribution in [0.25, 0.3) is 0 Å². The molecule has 0 aromatic heterocycles. The van der Waals surface area contributed by atoms with Crippen molar-refractivity contribution in [3.05, 3.63) is 0 Å². The van der Waals surface area contributed by atoms with Gasteiger partial charge in [0.25, 0.3) is 0 Å². The molecule has 4 nitrogen and oxygen atoms in total. The number of hydrogen-bond donors (Lipinski definition) is 1. The summed E-state index contributed by atoms with van der Waals surface area (Å²) in [6, 6.07) is -0.0451. The Balaban J connectivity index is 1.92. The van der Waals surface area contributed by atoms with Gasteiger partial charge in [-0.05, 0) is 51.0 Å². The van der Waals surface area contributed by atoms with Gasteiger partial charge in [0.05, 0.1) is 12.1 Å². The van der Waals surface area contributed by atoms with Crippen molar-refractivity contribution in [2.24, 2.45) is 17.8 Å². The van der Waals surface area contributed by atoms with Gasteiger partial charge in [0.2, 0.25) is 5.91 Å². The van der Waals surface area contributed by atoms with Crippen LogP contribution < -0.4 is 0 Å². The molecular formula is C16H30N2O2. The smallest absolute Gasteiger partial charge is 0.239 e. The van der Waals surface area contributed by atoms with E-state index >= 15 is 0 Å². The lowest BCUT2D eigenvalue weighted by Crippen LogP contribution is -2.51. The van der Waals surface area contributed by atoms with E-state index in [-0.39, 0.29) is 18.1 Å². The Labute approximate surface area is 123 Å². The van der Waals surface area contributed by atoms with E-state index < -0.39 is 0 Å². The van der Waals surface area contributed by atoms with Gasteiger partial charge in [-0.25, -0.2) is 0 Å². The number of carbonyl (C=O) groups excluding carboxylic acids is 1. The van der Waals surface area contributed by atoms with Crippen molar-refractivity contribution in [2.75, 3.05) is 26.2 Å². The number of rotatable bonds is 3. The minimum absolute atomic E-state index is 0.0451. The van der Waals surface area contributed by atoms with Crippen LogP contribution in [0.3, 0.4) is 0 Å². The highest BCUT2D eigenvalue weighted by molar-refractivity contribution is 5.81. The zero-order chi connectivity index (χ0) is 14.9. The molecule has 2 fully saturated rings. The summed E-state index contributed by atoms with van der Waals surface area (Å²) in [6.07, 6.45) is 1.96. The Hall–Kier alpha value is -0.610. The van der Waals surface area contributed by atoms with E-state index in [1.165, 1.54) is 6.42 Å². The molecule has 20 heavy (non-hydrogen) atoms. The standard InChI is InChI=1S/C16H30N2O2/c1-11-7-12(2)9-18(8-11)16(20)13(3)17-6-5-15(10-17)14(4)19/h11-15,19H,5-10H2,1-4H3. The Morgan fingerprint density at radius 3 is 2.25 bits per heavy atom. The number of hydrogen-bond acceptors (Lipinski definition) is 3. The van der Waals surface area contributed by atoms with E-state index in [2.05, 4.69) is 23.6 Å². The van der Waals surface area contributed by atoms with Crippen LogP contribution in [-0.4, -0.2) is 59.1 Å². The van der Waals surface area contributed by atoms with Gasteiger partial charge in [0, 0.05) is 19.6 Å². The number of piperidine rings is 1. The van der Waals surface area contributed by atoms with E-state index in [4.69, 9.17) is 0 Å². The molecule has 0 spiro atoms. The fourth-order valence-corrected chi connectivity index (χ4v) is 3.82. The summed E-state index contributed by atoms with van der Waals surface area (Å²) in [5, 5.41) is 9.69. The molecule has 0 aromatic rings. The first-order valence-corrected chi connectivity index (χ1v) is 8.09. The molecule has 0 aromatic carbocycles. The molecule has 4 heteroatoms. The largest absolute Gasteiger partial charge is 0.393 e. The molecule has 2 rings (SSSR count). The predicted octanol–water partition coefficient (Wildman–Crippen LogP) is 1.58. The number of amides is 1. The van der Waals surface area contributed by atoms with Gasteiger partial charge in [-0.1, -0.05) is 13.8 Å². The third kappa shape index (κ3) is 3.53. The first-order chi connectivity index (χ1) is 9.38. The molecule has 0 radical (unpaired) electrons. The van der Waals surface area contributed by atoms with Crippen molar-refractivity contribution in [2.45, 2.75) is 52.7 Å². The lowest BCUT2D eigenvalue weighted by molar-refractivity contribution is -0.138. The van der Waals surface area contributed by atoms with Crippen molar-refractivity contribution in [3.63, 3.8) is 0 Å². The Kier molecular flexibility index (Phi) is 5.08. The van der Waals surface area contributed by atoms with Gasteiger partial charge in [0.15, 0.2) is 0 Å². The third-order valence-corrected chi connectivity index (χ3v) is 5.02. The minimum Gasteiger partial charge on any atom is -0.393 e. The van der Waals surface area contributed by atoms with Crippen molar-refractivity contribution < 1.29 is 9.90 Å². The molecule has 0 saturated carbocycles. The average Bonchev–Trinajstić information content (AvgIpc) is 2.85. The number of aliphatic hydroxyl groups excluding tert-OH is 1. The first-order valence-electron chi connectivity index (χ1n) is 8.09. The molecule has 0 bridgehead atoms. The summed E-state index contributed by atoms with van der Waals surface area (Å²) in [4.78, 5) is 17.0. The number of aliphatic hydroxyl groups is 1. The highest BCUT2D eigenvalue weighted by atomic mass is 16.3. The topological polar surface area (TPSA) is 43.8 Å². The average molecular weight is 282 g/mol. The van der Waals surface area contributed by atoms with Crippen LogP contribution in [0.5, 0.6) is 0 Å². The molecular weight excluding hydrogens is 252 g/mol. The third-order valence-electron chi connectivity index (χ3n) is 5.02. The molecule has 116 valence electrons. The first kappa shape index (κ1) is 15.8. The molecule has 2 aliphatic heterocycles. The van der Waals surface area contributed by atoms with E-state index in [1.807, 2.05) is 13.8 Å². The van der Waals surface area contributed by atoms with E-state index in [9.17, 15) is 9.90 Å². The van der Waals surface area contributed by atoms with Crippen LogP contribution >= 0.6 is 0 Å². The summed E-state index contributed by atoms with van der Waals surface area (Å²) in [7, 11) is 0. The zero-order valence-electron chi connectivity index (χ0n) is 13.4. The highest BCUT2D eigenvalue weighted by Gasteiger charge is 2.35. The van der Waals surface area contributed by atoms with Crippen LogP contribution in [0.2, 0.25) is 0 Å². The van der Waals surface area contributed by atoms with Gasteiger partial charge in [-0.2, -0.15) is 0 Å². The number of likely N-dealkylation sites (tertiary alicyclic amines) is 2. The van der Waals surface area contributed by atoms with Gasteiger partial charge in [-0.3, -0.25) is 9.69 Å². The van der Waals surface area contributed by atoms with Crippen molar-refractivity contribution in [3.8, 4) is 0 Å². The predicted molar refractivity (Wildman–Crippen MR) is 80.3 cm³/mol. The Bertz CT molecular complexity index is 335. The van der Waals surface area contributed by atoms with Crippen molar-refractivity contribution >= 4 is 5.91 Å². The summed E-state index contributed by atoms with van der Waals surface area (Å²) >= 11 is 0. The fraction of sp³-hybridized carbons (Fsp3) is 0.938. The number of carbonyl (C=O) groups is 1. The van der Waals surface area contributed by atoms with E-state index in [1.54, 1.807) is 0 Å². The van der Waals surface area contributed by atoms with Crippen molar-refractivity contribution in [1.29, 1.82) is 0 Å². The summed E-state index contributed by atoms with van der Waals surface area (Å²) in [5.41, 5.74) is 0. The zero-order valence-corrected chi connectivity index (χ0v) is 13.4. The summed E-state index contributed by atoms with van der Waals surface area (Å²) in [6.45, 7) is 11.9. The van der Waals surface area contributed by atoms with Crippen molar-refractivity contribution in [1.82, 2.24) is 9.80 Å². The second-order valence-electron chi connectivity index (χ2n) is 7.15. The molecule has 5 atom stereocenters. The lowest BCUT2D eigenvalue weighted by atomic mass is 9.91. The monoisotopic (exact) mass is 282 g/mol. The fourth-order valence-electron chi connectivity index (χ4n) is 3.82. The maximum Gasteiger partial charge on any atom is 0.239 e. The molecule has 1 N–H and O–H groups in total. The SMILES string of the molecule is CC1CC(C)CN(C(=O)C(C)N2CCC(C(C)O)C2)C1. The highest BCUT2D eigenvalue weighted by Crippen LogP contribution is 2.25. The van der Waals surface area contributed by atoms with Crippen LogP contribution in [0.1, 0.15) is 40.5 Å². The van der Waals surface area contributed by atoms with Gasteiger partial charge >= 0.3 is 0 Å². The molecule has 2 saturated heterocycles. The molecule has 1 amide bonds. The second kappa shape index (κ2) is 6.44. The summed E-state index contributed by atoms with van der Waals surface area (Å²) < 4.78 is 0. The Morgan fingerprint density at radius 1 is 1.15 bits per heavy atom. The van der Waals surface area contributed by atoms with Crippen LogP contribution in [-0.2, 0) is 4.79 Å². The molecule has 2 aliphatic rings. The van der Waals surface area contributed by atoms with Crippen LogP contribution in [0, 0.1) is 17.8 Å². The molecule has 2 heterocycles. The Morgan fingerprint density at radius 2 is 1.75 bits per heavy atom. The van der Waals surface area contributed by atoms with E-state index in [0.717, 1.165) is 32.6 Å². The second-order valence-corrected chi connectivity index (χ2v) is 7.15. The lowest BCUT2D eigenvalue weighted by Gasteiger charge is -2.38. The molecule has 0 aliphatic carbocycles. The van der Waals surface area contributed by atoms with E-state index in [0.29, 0.717) is 17.8 Å². The van der Waals surface area contributed by atoms with Crippen LogP contribution in [0.4, 0.5) is 0 Å². The quantitative estimate of drug-likeness (QED) is 0.855. The minimum atomic E-state index is -0.266. The maximum atomic E-state index is 12.7. The maximum absolute atomic E-state index is 12.7. The van der Waals surface area contributed by atoms with Gasteiger partial charge in [0.1, 0.15) is 0 Å².